The fourth-order valence-corrected chi connectivity index (χ4v) is 2.42. The first-order valence-electron chi connectivity index (χ1n) is 8.00. The molecule has 1 aromatic heterocycles. The van der Waals surface area contributed by atoms with E-state index >= 15 is 0 Å². The van der Waals surface area contributed by atoms with Crippen LogP contribution in [-0.2, 0) is 17.8 Å². The summed E-state index contributed by atoms with van der Waals surface area (Å²) in [5, 5.41) is 8.71. The first kappa shape index (κ1) is 16.6. The monoisotopic (exact) mass is 334 g/mol. The average Bonchev–Trinajstić information content (AvgIpc) is 2.66. The second-order valence-electron chi connectivity index (χ2n) is 5.60. The van der Waals surface area contributed by atoms with Gasteiger partial charge in [0, 0.05) is 24.4 Å². The minimum Gasteiger partial charge on any atom is -0.489 e. The van der Waals surface area contributed by atoms with E-state index in [-0.39, 0.29) is 6.42 Å². The van der Waals surface area contributed by atoms with E-state index in [2.05, 4.69) is 9.97 Å². The number of ether oxygens (including phenoxy) is 1. The molecule has 0 spiro atoms. The lowest BCUT2D eigenvalue weighted by Gasteiger charge is -2.08. The van der Waals surface area contributed by atoms with Gasteiger partial charge in [0.1, 0.15) is 12.4 Å². The van der Waals surface area contributed by atoms with E-state index in [0.717, 1.165) is 22.4 Å². The van der Waals surface area contributed by atoms with Gasteiger partial charge in [-0.1, -0.05) is 30.3 Å². The second-order valence-corrected chi connectivity index (χ2v) is 5.60. The minimum absolute atomic E-state index is 0.133. The molecule has 0 aliphatic heterocycles. The number of carbonyl (C=O) groups is 1. The van der Waals surface area contributed by atoms with Crippen molar-refractivity contribution >= 4 is 5.97 Å². The Labute approximate surface area is 146 Å². The van der Waals surface area contributed by atoms with E-state index < -0.39 is 5.97 Å². The molecule has 25 heavy (non-hydrogen) atoms. The van der Waals surface area contributed by atoms with Crippen LogP contribution in [0.25, 0.3) is 11.4 Å². The summed E-state index contributed by atoms with van der Waals surface area (Å²) in [6, 6.07) is 17.2. The number of aryl methyl sites for hydroxylation is 1. The number of rotatable bonds is 7. The molecule has 0 saturated carbocycles. The molecule has 3 rings (SSSR count). The number of hydrogen-bond donors (Lipinski definition) is 1. The van der Waals surface area contributed by atoms with E-state index in [1.807, 2.05) is 48.5 Å². The molecule has 0 amide bonds. The summed E-state index contributed by atoms with van der Waals surface area (Å²) in [6.07, 6.45) is 4.10. The van der Waals surface area contributed by atoms with E-state index in [0.29, 0.717) is 18.9 Å². The van der Waals surface area contributed by atoms with Gasteiger partial charge in [-0.25, -0.2) is 9.97 Å². The van der Waals surface area contributed by atoms with Crippen LogP contribution in [0.4, 0.5) is 0 Å². The number of nitrogens with zero attached hydrogens (tertiary/aromatic N) is 2. The fraction of sp³-hybridized carbons (Fsp3) is 0.150. The van der Waals surface area contributed by atoms with Crippen molar-refractivity contribution in [3.8, 4) is 17.1 Å². The van der Waals surface area contributed by atoms with Gasteiger partial charge in [-0.3, -0.25) is 4.79 Å². The highest BCUT2D eigenvalue weighted by Crippen LogP contribution is 2.18. The van der Waals surface area contributed by atoms with Gasteiger partial charge in [0.05, 0.1) is 0 Å². The topological polar surface area (TPSA) is 72.3 Å². The summed E-state index contributed by atoms with van der Waals surface area (Å²) < 4.78 is 5.81. The maximum atomic E-state index is 10.6. The van der Waals surface area contributed by atoms with Crippen molar-refractivity contribution in [3.05, 3.63) is 78.1 Å². The van der Waals surface area contributed by atoms with Gasteiger partial charge < -0.3 is 9.84 Å². The zero-order valence-electron chi connectivity index (χ0n) is 13.6. The molecule has 5 heteroatoms. The van der Waals surface area contributed by atoms with Crippen LogP contribution in [0.2, 0.25) is 0 Å². The lowest BCUT2D eigenvalue weighted by molar-refractivity contribution is -0.136. The zero-order chi connectivity index (χ0) is 17.5. The van der Waals surface area contributed by atoms with Crippen LogP contribution in [0.1, 0.15) is 17.5 Å². The van der Waals surface area contributed by atoms with Gasteiger partial charge in [0.25, 0.3) is 0 Å². The molecule has 0 aliphatic rings. The molecular weight excluding hydrogens is 316 g/mol. The average molecular weight is 334 g/mol. The third-order valence-electron chi connectivity index (χ3n) is 3.71. The third-order valence-corrected chi connectivity index (χ3v) is 3.71. The van der Waals surface area contributed by atoms with Gasteiger partial charge in [-0.05, 0) is 41.8 Å². The van der Waals surface area contributed by atoms with Crippen molar-refractivity contribution in [2.24, 2.45) is 0 Å². The summed E-state index contributed by atoms with van der Waals surface area (Å²) >= 11 is 0. The Bertz CT molecular complexity index is 833. The molecule has 0 saturated heterocycles. The molecule has 3 aromatic rings. The van der Waals surface area contributed by atoms with Crippen LogP contribution in [0.5, 0.6) is 5.75 Å². The van der Waals surface area contributed by atoms with Gasteiger partial charge in [0.15, 0.2) is 5.82 Å². The van der Waals surface area contributed by atoms with E-state index in [1.54, 1.807) is 18.5 Å². The molecule has 0 radical (unpaired) electrons. The number of hydrogen-bond acceptors (Lipinski definition) is 4. The first-order chi connectivity index (χ1) is 12.2. The highest BCUT2D eigenvalue weighted by molar-refractivity contribution is 5.67. The smallest absolute Gasteiger partial charge is 0.303 e. The quantitative estimate of drug-likeness (QED) is 0.712. The number of aromatic nitrogens is 2. The number of benzene rings is 2. The normalized spacial score (nSPS) is 10.4. The molecule has 126 valence electrons. The third kappa shape index (κ3) is 4.88. The molecule has 5 nitrogen and oxygen atoms in total. The zero-order valence-corrected chi connectivity index (χ0v) is 13.6. The van der Waals surface area contributed by atoms with Crippen LogP contribution in [0.15, 0.2) is 67.0 Å². The molecular formula is C20H18N2O3. The van der Waals surface area contributed by atoms with Crippen molar-refractivity contribution in [2.75, 3.05) is 0 Å². The van der Waals surface area contributed by atoms with E-state index in [4.69, 9.17) is 9.84 Å². The standard InChI is InChI=1S/C20H18N2O3/c23-19(24)10-7-15-5-8-18(9-6-15)25-14-16-3-1-4-17(13-16)20-21-11-2-12-22-20/h1-6,8-9,11-13H,7,10,14H2,(H,23,24). The van der Waals surface area contributed by atoms with Crippen molar-refractivity contribution in [3.63, 3.8) is 0 Å². The first-order valence-corrected chi connectivity index (χ1v) is 8.00. The van der Waals surface area contributed by atoms with Gasteiger partial charge in [-0.15, -0.1) is 0 Å². The predicted molar refractivity (Wildman–Crippen MR) is 94.2 cm³/mol. The SMILES string of the molecule is O=C(O)CCc1ccc(OCc2cccc(-c3ncccn3)c2)cc1. The van der Waals surface area contributed by atoms with Crippen LogP contribution >= 0.6 is 0 Å². The molecule has 0 bridgehead atoms. The van der Waals surface area contributed by atoms with Gasteiger partial charge in [0.2, 0.25) is 0 Å². The summed E-state index contributed by atoms with van der Waals surface area (Å²) in [7, 11) is 0. The maximum absolute atomic E-state index is 10.6. The van der Waals surface area contributed by atoms with E-state index in [1.165, 1.54) is 0 Å². The maximum Gasteiger partial charge on any atom is 0.303 e. The van der Waals surface area contributed by atoms with E-state index in [9.17, 15) is 4.79 Å². The summed E-state index contributed by atoms with van der Waals surface area (Å²) in [5.74, 6) is 0.648. The number of carboxylic acids is 1. The highest BCUT2D eigenvalue weighted by Gasteiger charge is 2.03. The molecule has 0 atom stereocenters. The molecule has 1 heterocycles. The Balaban J connectivity index is 1.61. The second kappa shape index (κ2) is 8.06. The molecule has 0 fully saturated rings. The molecule has 0 unspecified atom stereocenters. The Morgan fingerprint density at radius 3 is 2.44 bits per heavy atom. The van der Waals surface area contributed by atoms with Crippen LogP contribution < -0.4 is 4.74 Å². The van der Waals surface area contributed by atoms with Crippen molar-refractivity contribution < 1.29 is 14.6 Å². The van der Waals surface area contributed by atoms with Crippen LogP contribution in [0, 0.1) is 0 Å². The van der Waals surface area contributed by atoms with Gasteiger partial charge in [-0.2, -0.15) is 0 Å². The summed E-state index contributed by atoms with van der Waals surface area (Å²) in [5.41, 5.74) is 2.96. The molecule has 1 N–H and O–H groups in total. The summed E-state index contributed by atoms with van der Waals surface area (Å²) in [4.78, 5) is 19.1. The molecule has 0 aliphatic carbocycles. The van der Waals surface area contributed by atoms with Crippen molar-refractivity contribution in [2.45, 2.75) is 19.4 Å². The Morgan fingerprint density at radius 2 is 1.72 bits per heavy atom. The molecule has 2 aromatic carbocycles. The van der Waals surface area contributed by atoms with Gasteiger partial charge >= 0.3 is 5.97 Å². The number of aliphatic carboxylic acids is 1. The predicted octanol–water partition coefficient (Wildman–Crippen LogP) is 3.74. The largest absolute Gasteiger partial charge is 0.489 e. The fourth-order valence-electron chi connectivity index (χ4n) is 2.42. The highest BCUT2D eigenvalue weighted by atomic mass is 16.5. The Morgan fingerprint density at radius 1 is 0.960 bits per heavy atom. The minimum atomic E-state index is -0.789. The van der Waals surface area contributed by atoms with Crippen molar-refractivity contribution in [1.82, 2.24) is 9.97 Å². The number of carboxylic acid groups (broad SMARTS) is 1. The van der Waals surface area contributed by atoms with Crippen molar-refractivity contribution in [1.29, 1.82) is 0 Å². The Kier molecular flexibility index (Phi) is 5.36. The van der Waals surface area contributed by atoms with Crippen LogP contribution in [0.3, 0.4) is 0 Å². The lowest BCUT2D eigenvalue weighted by atomic mass is 10.1. The summed E-state index contributed by atoms with van der Waals surface area (Å²) in [6.45, 7) is 0.440. The Hall–Kier alpha value is -3.21. The lowest BCUT2D eigenvalue weighted by Crippen LogP contribution is -1.98. The van der Waals surface area contributed by atoms with Crippen LogP contribution in [-0.4, -0.2) is 21.0 Å².